The van der Waals surface area contributed by atoms with Crippen LogP contribution < -0.4 is 11.1 Å². The highest BCUT2D eigenvalue weighted by Crippen LogP contribution is 2.20. The van der Waals surface area contributed by atoms with Crippen molar-refractivity contribution < 1.29 is 4.74 Å². The van der Waals surface area contributed by atoms with Gasteiger partial charge in [0.2, 0.25) is 0 Å². The van der Waals surface area contributed by atoms with Crippen LogP contribution in [0, 0.1) is 0 Å². The molecule has 1 aliphatic rings. The van der Waals surface area contributed by atoms with Crippen molar-refractivity contribution in [2.24, 2.45) is 0 Å². The van der Waals surface area contributed by atoms with Gasteiger partial charge in [-0.2, -0.15) is 0 Å². The third-order valence-electron chi connectivity index (χ3n) is 3.00. The molecule has 1 aromatic heterocycles. The number of ether oxygens (including phenoxy) is 1. The second-order valence-electron chi connectivity index (χ2n) is 4.25. The molecule has 1 aliphatic carbocycles. The highest BCUT2D eigenvalue weighted by atomic mass is 32.1. The molecule has 0 radical (unpaired) electrons. The van der Waals surface area contributed by atoms with Gasteiger partial charge >= 0.3 is 0 Å². The first-order chi connectivity index (χ1) is 7.86. The summed E-state index contributed by atoms with van der Waals surface area (Å²) >= 11 is 1.70. The molecule has 3 nitrogen and oxygen atoms in total. The summed E-state index contributed by atoms with van der Waals surface area (Å²) in [6.45, 7) is 2.58. The first-order valence-electron chi connectivity index (χ1n) is 6.00. The predicted molar refractivity (Wildman–Crippen MR) is 68.6 cm³/mol. The van der Waals surface area contributed by atoms with E-state index in [1.807, 2.05) is 11.4 Å². The molecule has 0 spiro atoms. The molecule has 16 heavy (non-hydrogen) atoms. The minimum absolute atomic E-state index is 0.522. The van der Waals surface area contributed by atoms with Gasteiger partial charge in [-0.05, 0) is 24.3 Å². The van der Waals surface area contributed by atoms with Gasteiger partial charge in [0.05, 0.1) is 12.7 Å². The molecule has 0 unspecified atom stereocenters. The van der Waals surface area contributed by atoms with Crippen LogP contribution in [0.25, 0.3) is 0 Å². The van der Waals surface area contributed by atoms with E-state index in [9.17, 15) is 0 Å². The minimum Gasteiger partial charge on any atom is -0.398 e. The number of nitrogens with two attached hydrogens (primary N) is 1. The Bertz CT molecular complexity index is 308. The highest BCUT2D eigenvalue weighted by Gasteiger charge is 2.14. The largest absolute Gasteiger partial charge is 0.398 e. The molecule has 2 rings (SSSR count). The topological polar surface area (TPSA) is 47.3 Å². The maximum Gasteiger partial charge on any atom is 0.0594 e. The molecule has 90 valence electrons. The quantitative estimate of drug-likeness (QED) is 0.751. The summed E-state index contributed by atoms with van der Waals surface area (Å²) < 4.78 is 5.76. The van der Waals surface area contributed by atoms with E-state index in [0.717, 1.165) is 25.4 Å². The number of hydrogen-bond donors (Lipinski definition) is 2. The molecule has 0 atom stereocenters. The Hall–Kier alpha value is -0.580. The van der Waals surface area contributed by atoms with E-state index in [1.165, 1.54) is 30.6 Å². The molecule has 0 bridgehead atoms. The predicted octanol–water partition coefficient (Wildman–Crippen LogP) is 2.38. The van der Waals surface area contributed by atoms with E-state index in [1.54, 1.807) is 11.3 Å². The zero-order valence-electron chi connectivity index (χ0n) is 9.58. The molecule has 1 heterocycles. The van der Waals surface area contributed by atoms with Gasteiger partial charge in [0.15, 0.2) is 0 Å². The highest BCUT2D eigenvalue weighted by molar-refractivity contribution is 7.10. The fraction of sp³-hybridized carbons (Fsp3) is 0.667. The van der Waals surface area contributed by atoms with Crippen molar-refractivity contribution in [3.05, 3.63) is 16.3 Å². The monoisotopic (exact) mass is 240 g/mol. The van der Waals surface area contributed by atoms with Crippen LogP contribution in [0.2, 0.25) is 0 Å². The Morgan fingerprint density at radius 1 is 1.44 bits per heavy atom. The molecule has 1 aromatic rings. The summed E-state index contributed by atoms with van der Waals surface area (Å²) in [5, 5.41) is 5.39. The maximum absolute atomic E-state index is 5.79. The number of nitrogen functional groups attached to an aromatic ring is 1. The summed E-state index contributed by atoms with van der Waals surface area (Å²) in [7, 11) is 0. The summed E-state index contributed by atoms with van der Waals surface area (Å²) in [5.41, 5.74) is 6.69. The van der Waals surface area contributed by atoms with E-state index >= 15 is 0 Å². The lowest BCUT2D eigenvalue weighted by atomic mass is 10.3. The smallest absolute Gasteiger partial charge is 0.0594 e. The number of anilines is 1. The molecule has 0 saturated heterocycles. The van der Waals surface area contributed by atoms with E-state index in [-0.39, 0.29) is 0 Å². The summed E-state index contributed by atoms with van der Waals surface area (Å²) in [4.78, 5) is 1.22. The van der Waals surface area contributed by atoms with Crippen LogP contribution in [0.15, 0.2) is 11.4 Å². The van der Waals surface area contributed by atoms with Gasteiger partial charge in [0.25, 0.3) is 0 Å². The normalized spacial score (nSPS) is 17.0. The SMILES string of the molecule is Nc1ccsc1CNCCOC1CCCC1. The van der Waals surface area contributed by atoms with Gasteiger partial charge in [-0.1, -0.05) is 12.8 Å². The summed E-state index contributed by atoms with van der Waals surface area (Å²) in [6.07, 6.45) is 5.69. The van der Waals surface area contributed by atoms with Crippen molar-refractivity contribution >= 4 is 17.0 Å². The Morgan fingerprint density at radius 3 is 2.94 bits per heavy atom. The minimum atomic E-state index is 0.522. The lowest BCUT2D eigenvalue weighted by Crippen LogP contribution is -2.21. The van der Waals surface area contributed by atoms with Crippen LogP contribution in [-0.2, 0) is 11.3 Å². The van der Waals surface area contributed by atoms with Crippen LogP contribution in [-0.4, -0.2) is 19.3 Å². The standard InChI is InChI=1S/C12H20N2OS/c13-11-5-8-16-12(11)9-14-6-7-15-10-3-1-2-4-10/h5,8,10,14H,1-4,6-7,9,13H2. The average Bonchev–Trinajstić information content (AvgIpc) is 2.90. The van der Waals surface area contributed by atoms with Crippen molar-refractivity contribution in [3.63, 3.8) is 0 Å². The van der Waals surface area contributed by atoms with E-state index in [4.69, 9.17) is 10.5 Å². The molecule has 0 amide bonds. The molecule has 4 heteroatoms. The average molecular weight is 240 g/mol. The van der Waals surface area contributed by atoms with E-state index in [0.29, 0.717) is 6.10 Å². The fourth-order valence-corrected chi connectivity index (χ4v) is 2.82. The van der Waals surface area contributed by atoms with Gasteiger partial charge in [-0.15, -0.1) is 11.3 Å². The number of thiophene rings is 1. The Morgan fingerprint density at radius 2 is 2.25 bits per heavy atom. The third-order valence-corrected chi connectivity index (χ3v) is 3.94. The second kappa shape index (κ2) is 6.23. The van der Waals surface area contributed by atoms with Crippen molar-refractivity contribution in [2.75, 3.05) is 18.9 Å². The third kappa shape index (κ3) is 3.47. The number of nitrogens with one attached hydrogen (secondary N) is 1. The Labute approximate surface area is 101 Å². The van der Waals surface area contributed by atoms with E-state index < -0.39 is 0 Å². The van der Waals surface area contributed by atoms with Crippen molar-refractivity contribution in [3.8, 4) is 0 Å². The zero-order valence-corrected chi connectivity index (χ0v) is 10.4. The van der Waals surface area contributed by atoms with E-state index in [2.05, 4.69) is 5.32 Å². The van der Waals surface area contributed by atoms with Gasteiger partial charge in [-0.3, -0.25) is 0 Å². The zero-order chi connectivity index (χ0) is 11.2. The van der Waals surface area contributed by atoms with Crippen LogP contribution in [0.4, 0.5) is 5.69 Å². The van der Waals surface area contributed by atoms with Gasteiger partial charge in [-0.25, -0.2) is 0 Å². The van der Waals surface area contributed by atoms with Crippen molar-refractivity contribution in [2.45, 2.75) is 38.3 Å². The maximum atomic E-state index is 5.79. The van der Waals surface area contributed by atoms with Gasteiger partial charge in [0, 0.05) is 23.7 Å². The number of hydrogen-bond acceptors (Lipinski definition) is 4. The van der Waals surface area contributed by atoms with Crippen molar-refractivity contribution in [1.29, 1.82) is 0 Å². The molecular weight excluding hydrogens is 220 g/mol. The first-order valence-corrected chi connectivity index (χ1v) is 6.88. The second-order valence-corrected chi connectivity index (χ2v) is 5.25. The fourth-order valence-electron chi connectivity index (χ4n) is 2.05. The van der Waals surface area contributed by atoms with Crippen LogP contribution in [0.3, 0.4) is 0 Å². The lowest BCUT2D eigenvalue weighted by Gasteiger charge is -2.11. The lowest BCUT2D eigenvalue weighted by molar-refractivity contribution is 0.0603. The van der Waals surface area contributed by atoms with Gasteiger partial charge in [0.1, 0.15) is 0 Å². The first kappa shape index (κ1) is 11.9. The number of rotatable bonds is 6. The molecule has 1 saturated carbocycles. The molecular formula is C12H20N2OS. The summed E-state index contributed by atoms with van der Waals surface area (Å²) in [6, 6.07) is 1.96. The molecule has 0 aliphatic heterocycles. The Kier molecular flexibility index (Phi) is 4.63. The molecule has 0 aromatic carbocycles. The molecule has 3 N–H and O–H groups in total. The van der Waals surface area contributed by atoms with Crippen molar-refractivity contribution in [1.82, 2.24) is 5.32 Å². The van der Waals surface area contributed by atoms with Crippen LogP contribution in [0.1, 0.15) is 30.6 Å². The molecule has 1 fully saturated rings. The summed E-state index contributed by atoms with van der Waals surface area (Å²) in [5.74, 6) is 0. The Balaban J connectivity index is 1.53. The van der Waals surface area contributed by atoms with Gasteiger partial charge < -0.3 is 15.8 Å². The van der Waals surface area contributed by atoms with Crippen LogP contribution >= 0.6 is 11.3 Å². The van der Waals surface area contributed by atoms with Crippen LogP contribution in [0.5, 0.6) is 0 Å².